The molecule has 1 saturated carbocycles. The summed E-state index contributed by atoms with van der Waals surface area (Å²) in [6, 6.07) is 8.91. The van der Waals surface area contributed by atoms with Gasteiger partial charge in [-0.2, -0.15) is 4.31 Å². The summed E-state index contributed by atoms with van der Waals surface area (Å²) < 4.78 is 56.8. The highest BCUT2D eigenvalue weighted by Gasteiger charge is 2.35. The first-order valence-electron chi connectivity index (χ1n) is 11.6. The second-order valence-corrected chi connectivity index (χ2v) is 11.2. The van der Waals surface area contributed by atoms with E-state index in [-0.39, 0.29) is 19.0 Å². The number of hydrogen-bond acceptors (Lipinski definition) is 4. The zero-order chi connectivity index (χ0) is 23.2. The molecule has 178 valence electrons. The number of aliphatic hydroxyl groups is 1. The number of halogens is 2. The Balaban J connectivity index is 1.34. The first kappa shape index (κ1) is 22.7. The van der Waals surface area contributed by atoms with Gasteiger partial charge < -0.3 is 9.67 Å². The van der Waals surface area contributed by atoms with Gasteiger partial charge in [0.15, 0.2) is 0 Å². The Kier molecular flexibility index (Phi) is 6.15. The molecule has 2 aromatic carbocycles. The monoisotopic (exact) mass is 477 g/mol. The third-order valence-corrected chi connectivity index (χ3v) is 8.82. The van der Waals surface area contributed by atoms with E-state index in [1.165, 1.54) is 35.0 Å². The number of hydrogen-bond donors (Lipinski definition) is 1. The van der Waals surface area contributed by atoms with E-state index < -0.39 is 27.8 Å². The molecule has 9 heteroatoms. The lowest BCUT2D eigenvalue weighted by molar-refractivity contribution is 0.107. The zero-order valence-electron chi connectivity index (χ0n) is 18.5. The number of β-amino-alcohol motifs (C(OH)–C–C–N with tert-alkyl or cyclic N) is 1. The normalized spacial score (nSPS) is 21.7. The Hall–Kier alpha value is -2.07. The van der Waals surface area contributed by atoms with Crippen LogP contribution in [0.15, 0.2) is 36.4 Å². The Morgan fingerprint density at radius 3 is 2.09 bits per heavy atom. The first-order chi connectivity index (χ1) is 15.8. The smallest absolute Gasteiger partial charge is 0.227 e. The average Bonchev–Trinajstić information content (AvgIpc) is 3.07. The third kappa shape index (κ3) is 4.51. The van der Waals surface area contributed by atoms with Crippen LogP contribution in [0.5, 0.6) is 0 Å². The summed E-state index contributed by atoms with van der Waals surface area (Å²) in [6.45, 7) is 1.14. The van der Waals surface area contributed by atoms with E-state index >= 15 is 0 Å². The number of benzene rings is 2. The van der Waals surface area contributed by atoms with Gasteiger partial charge in [-0.1, -0.05) is 19.3 Å². The summed E-state index contributed by atoms with van der Waals surface area (Å²) >= 11 is 0. The summed E-state index contributed by atoms with van der Waals surface area (Å²) in [7, 11) is -3.50. The number of aromatic nitrogens is 1. The molecule has 0 bridgehead atoms. The quantitative estimate of drug-likeness (QED) is 0.609. The van der Waals surface area contributed by atoms with E-state index in [2.05, 4.69) is 4.90 Å². The van der Waals surface area contributed by atoms with Crippen LogP contribution in [0, 0.1) is 11.6 Å². The molecule has 1 unspecified atom stereocenters. The van der Waals surface area contributed by atoms with Crippen LogP contribution in [0.4, 0.5) is 8.78 Å². The van der Waals surface area contributed by atoms with Gasteiger partial charge in [0.1, 0.15) is 17.5 Å². The molecular weight excluding hydrogens is 448 g/mol. The van der Waals surface area contributed by atoms with E-state index in [1.807, 2.05) is 0 Å². The molecular formula is C24H29F2N3O3S. The second kappa shape index (κ2) is 8.94. The van der Waals surface area contributed by atoms with Crippen molar-refractivity contribution in [1.82, 2.24) is 13.8 Å². The van der Waals surface area contributed by atoms with Gasteiger partial charge in [-0.15, -0.1) is 0 Å². The third-order valence-electron chi connectivity index (χ3n) is 7.05. The fraction of sp³-hybridized carbons (Fsp3) is 0.500. The van der Waals surface area contributed by atoms with E-state index in [0.717, 1.165) is 25.7 Å². The Morgan fingerprint density at radius 1 is 0.909 bits per heavy atom. The molecule has 1 aromatic heterocycles. The van der Waals surface area contributed by atoms with Crippen LogP contribution >= 0.6 is 0 Å². The number of fused-ring (bicyclic) bond motifs is 3. The molecule has 1 saturated heterocycles. The molecule has 5 rings (SSSR count). The van der Waals surface area contributed by atoms with Crippen molar-refractivity contribution >= 4 is 31.8 Å². The molecule has 0 radical (unpaired) electrons. The Labute approximate surface area is 192 Å². The zero-order valence-corrected chi connectivity index (χ0v) is 19.3. The minimum absolute atomic E-state index is 0.00167. The van der Waals surface area contributed by atoms with E-state index in [1.54, 1.807) is 16.7 Å². The summed E-state index contributed by atoms with van der Waals surface area (Å²) in [4.78, 5) is 2.08. The molecule has 33 heavy (non-hydrogen) atoms. The maximum Gasteiger partial charge on any atom is 0.227 e. The van der Waals surface area contributed by atoms with Crippen LogP contribution < -0.4 is 0 Å². The van der Waals surface area contributed by atoms with Crippen LogP contribution in [-0.4, -0.2) is 65.0 Å². The van der Waals surface area contributed by atoms with Crippen LogP contribution in [-0.2, 0) is 16.6 Å². The Morgan fingerprint density at radius 2 is 1.52 bits per heavy atom. The van der Waals surface area contributed by atoms with Gasteiger partial charge in [0.25, 0.3) is 0 Å². The lowest BCUT2D eigenvalue weighted by Crippen LogP contribution is -2.55. The maximum atomic E-state index is 13.9. The molecule has 0 spiro atoms. The van der Waals surface area contributed by atoms with E-state index in [0.29, 0.717) is 40.9 Å². The number of nitrogens with zero attached hydrogens (tertiary/aromatic N) is 3. The lowest BCUT2D eigenvalue weighted by Gasteiger charge is -2.40. The van der Waals surface area contributed by atoms with Gasteiger partial charge in [0.05, 0.1) is 12.6 Å². The molecule has 1 N–H and O–H groups in total. The molecule has 2 aliphatic rings. The predicted octanol–water partition coefficient (Wildman–Crippen LogP) is 3.67. The number of aliphatic hydroxyl groups excluding tert-OH is 1. The molecule has 1 aliphatic heterocycles. The molecule has 0 amide bonds. The minimum Gasteiger partial charge on any atom is -0.390 e. The summed E-state index contributed by atoms with van der Waals surface area (Å²) in [5.74, 6) is -0.847. The van der Waals surface area contributed by atoms with Crippen LogP contribution in [0.2, 0.25) is 0 Å². The van der Waals surface area contributed by atoms with Gasteiger partial charge >= 0.3 is 0 Å². The fourth-order valence-corrected chi connectivity index (χ4v) is 7.10. The first-order valence-corrected chi connectivity index (χ1v) is 13.2. The topological polar surface area (TPSA) is 65.8 Å². The molecule has 1 atom stereocenters. The van der Waals surface area contributed by atoms with Gasteiger partial charge in [-0.25, -0.2) is 17.2 Å². The maximum absolute atomic E-state index is 13.9. The van der Waals surface area contributed by atoms with Crippen molar-refractivity contribution in [1.29, 1.82) is 0 Å². The van der Waals surface area contributed by atoms with Crippen molar-refractivity contribution in [2.24, 2.45) is 0 Å². The van der Waals surface area contributed by atoms with Crippen molar-refractivity contribution in [2.75, 3.05) is 25.5 Å². The van der Waals surface area contributed by atoms with Crippen molar-refractivity contribution in [3.8, 4) is 0 Å². The Bertz CT molecular complexity index is 1210. The molecule has 2 heterocycles. The van der Waals surface area contributed by atoms with Gasteiger partial charge in [0, 0.05) is 47.5 Å². The molecule has 1 aliphatic carbocycles. The summed E-state index contributed by atoms with van der Waals surface area (Å²) in [5, 5.41) is 12.0. The van der Waals surface area contributed by atoms with Gasteiger partial charge in [0.2, 0.25) is 10.0 Å². The van der Waals surface area contributed by atoms with Crippen molar-refractivity contribution in [3.63, 3.8) is 0 Å². The SMILES string of the molecule is O=S1(=O)CN(C2CCCCC2)CCN1CC(O)Cn1c2ccc(F)cc2c2cc(F)ccc21. The molecule has 3 aromatic rings. The average molecular weight is 478 g/mol. The van der Waals surface area contributed by atoms with Crippen molar-refractivity contribution in [3.05, 3.63) is 48.0 Å². The summed E-state index contributed by atoms with van der Waals surface area (Å²) in [6.07, 6.45) is 4.65. The standard InChI is InChI=1S/C24H29F2N3O3S/c25-17-6-8-23-21(12-17)22-13-18(26)7-9-24(22)29(23)15-20(30)14-28-11-10-27(16-33(28,31)32)19-4-2-1-3-5-19/h6-9,12-13,19-20,30H,1-5,10-11,14-16H2. The predicted molar refractivity (Wildman–Crippen MR) is 124 cm³/mol. The van der Waals surface area contributed by atoms with E-state index in [9.17, 15) is 22.3 Å². The highest BCUT2D eigenvalue weighted by atomic mass is 32.2. The van der Waals surface area contributed by atoms with E-state index in [4.69, 9.17) is 0 Å². The largest absolute Gasteiger partial charge is 0.390 e. The van der Waals surface area contributed by atoms with Crippen LogP contribution in [0.1, 0.15) is 32.1 Å². The van der Waals surface area contributed by atoms with Crippen molar-refractivity contribution in [2.45, 2.75) is 50.8 Å². The molecule has 6 nitrogen and oxygen atoms in total. The number of sulfonamides is 1. The lowest BCUT2D eigenvalue weighted by atomic mass is 9.94. The highest BCUT2D eigenvalue weighted by Crippen LogP contribution is 2.31. The van der Waals surface area contributed by atoms with Crippen LogP contribution in [0.25, 0.3) is 21.8 Å². The number of rotatable bonds is 5. The minimum atomic E-state index is -3.50. The van der Waals surface area contributed by atoms with Crippen molar-refractivity contribution < 1.29 is 22.3 Å². The highest BCUT2D eigenvalue weighted by molar-refractivity contribution is 7.89. The van der Waals surface area contributed by atoms with Gasteiger partial charge in [-0.05, 0) is 49.2 Å². The van der Waals surface area contributed by atoms with Gasteiger partial charge in [-0.3, -0.25) is 4.90 Å². The fourth-order valence-electron chi connectivity index (χ4n) is 5.42. The second-order valence-electron chi connectivity index (χ2n) is 9.29. The molecule has 2 fully saturated rings. The summed E-state index contributed by atoms with van der Waals surface area (Å²) in [5.41, 5.74) is 1.34. The van der Waals surface area contributed by atoms with Crippen LogP contribution in [0.3, 0.4) is 0 Å².